The minimum atomic E-state index is -0.521. The Balaban J connectivity index is 2.02. The molecule has 0 saturated heterocycles. The highest BCUT2D eigenvalue weighted by molar-refractivity contribution is 7.80. The molecular weight excluding hydrogens is 367 g/mol. The minimum absolute atomic E-state index is 0.319. The summed E-state index contributed by atoms with van der Waals surface area (Å²) < 4.78 is 18.3. The van der Waals surface area contributed by atoms with Crippen LogP contribution >= 0.6 is 12.2 Å². The van der Waals surface area contributed by atoms with E-state index in [1.54, 1.807) is 36.1 Å². The van der Waals surface area contributed by atoms with Crippen LogP contribution in [0.2, 0.25) is 0 Å². The van der Waals surface area contributed by atoms with Gasteiger partial charge in [0.05, 0.1) is 11.6 Å². The molecule has 6 nitrogen and oxygen atoms in total. The molecule has 0 radical (unpaired) electrons. The number of nitrogens with one attached hydrogen (secondary N) is 2. The summed E-state index contributed by atoms with van der Waals surface area (Å²) in [7, 11) is 0. The van der Waals surface area contributed by atoms with Gasteiger partial charge < -0.3 is 20.1 Å². The van der Waals surface area contributed by atoms with Crippen LogP contribution < -0.4 is 10.6 Å². The third kappa shape index (κ3) is 3.90. The van der Waals surface area contributed by atoms with Crippen LogP contribution in [0.15, 0.2) is 58.8 Å². The SMILES string of the molecule is C=CCN1C(=S)NC(c2ccc(F)cc2)C(C(=O)Nc2cc(C)on2)=C1C. The van der Waals surface area contributed by atoms with Crippen LogP contribution in [-0.4, -0.2) is 27.6 Å². The number of anilines is 1. The summed E-state index contributed by atoms with van der Waals surface area (Å²) in [5.74, 6) is 0.204. The van der Waals surface area contributed by atoms with Crippen LogP contribution in [0.25, 0.3) is 0 Å². The number of hydrogen-bond acceptors (Lipinski definition) is 4. The van der Waals surface area contributed by atoms with Gasteiger partial charge in [-0.05, 0) is 43.8 Å². The maximum absolute atomic E-state index is 13.3. The van der Waals surface area contributed by atoms with Crippen molar-refractivity contribution in [1.29, 1.82) is 0 Å². The number of rotatable bonds is 5. The predicted molar refractivity (Wildman–Crippen MR) is 104 cm³/mol. The van der Waals surface area contributed by atoms with Crippen molar-refractivity contribution in [3.63, 3.8) is 0 Å². The van der Waals surface area contributed by atoms with E-state index >= 15 is 0 Å². The number of aryl methyl sites for hydroxylation is 1. The van der Waals surface area contributed by atoms with E-state index in [1.807, 2.05) is 6.92 Å². The zero-order valence-electron chi connectivity index (χ0n) is 15.0. The van der Waals surface area contributed by atoms with E-state index in [1.165, 1.54) is 12.1 Å². The lowest BCUT2D eigenvalue weighted by Gasteiger charge is -2.37. The number of aromatic nitrogens is 1. The maximum atomic E-state index is 13.3. The molecule has 2 aromatic rings. The Kier molecular flexibility index (Phi) is 5.36. The summed E-state index contributed by atoms with van der Waals surface area (Å²) >= 11 is 5.44. The molecule has 1 unspecified atom stereocenters. The average Bonchev–Trinajstić information content (AvgIpc) is 3.03. The summed E-state index contributed by atoms with van der Waals surface area (Å²) in [6.45, 7) is 7.74. The number of carbonyl (C=O) groups excluding carboxylic acids is 1. The van der Waals surface area contributed by atoms with Gasteiger partial charge in [-0.2, -0.15) is 0 Å². The lowest BCUT2D eigenvalue weighted by Crippen LogP contribution is -2.48. The zero-order valence-corrected chi connectivity index (χ0v) is 15.8. The third-order valence-corrected chi connectivity index (χ3v) is 4.56. The van der Waals surface area contributed by atoms with Gasteiger partial charge in [0.2, 0.25) is 0 Å². The predicted octanol–water partition coefficient (Wildman–Crippen LogP) is 3.45. The highest BCUT2D eigenvalue weighted by Gasteiger charge is 2.33. The Bertz CT molecular complexity index is 920. The molecule has 2 heterocycles. The van der Waals surface area contributed by atoms with Gasteiger partial charge >= 0.3 is 0 Å². The fourth-order valence-corrected chi connectivity index (χ4v) is 3.27. The van der Waals surface area contributed by atoms with Crippen molar-refractivity contribution in [3.05, 3.63) is 71.4 Å². The second-order valence-electron chi connectivity index (χ2n) is 6.11. The molecule has 8 heteroatoms. The topological polar surface area (TPSA) is 70.4 Å². The smallest absolute Gasteiger partial charge is 0.257 e. The third-order valence-electron chi connectivity index (χ3n) is 4.23. The second kappa shape index (κ2) is 7.71. The van der Waals surface area contributed by atoms with E-state index in [0.717, 1.165) is 5.56 Å². The first kappa shape index (κ1) is 18.8. The fraction of sp³-hybridized carbons (Fsp3) is 0.211. The number of halogens is 1. The van der Waals surface area contributed by atoms with Gasteiger partial charge in [0.25, 0.3) is 5.91 Å². The summed E-state index contributed by atoms with van der Waals surface area (Å²) in [5.41, 5.74) is 1.86. The number of hydrogen-bond donors (Lipinski definition) is 2. The number of nitrogens with zero attached hydrogens (tertiary/aromatic N) is 2. The van der Waals surface area contributed by atoms with Gasteiger partial charge in [-0.15, -0.1) is 6.58 Å². The van der Waals surface area contributed by atoms with Crippen molar-refractivity contribution in [2.24, 2.45) is 0 Å². The molecule has 0 aliphatic carbocycles. The normalized spacial score (nSPS) is 16.9. The number of thiocarbonyl (C=S) groups is 1. The molecule has 3 rings (SSSR count). The second-order valence-corrected chi connectivity index (χ2v) is 6.50. The standard InChI is InChI=1S/C19H19FN4O2S/c1-4-9-24-12(3)16(18(25)21-15-10-11(2)26-23-15)17(22-19(24)27)13-5-7-14(20)8-6-13/h4-8,10,17H,1,9H2,2-3H3,(H,22,27)(H,21,23,25). The van der Waals surface area contributed by atoms with Gasteiger partial charge in [-0.25, -0.2) is 4.39 Å². The van der Waals surface area contributed by atoms with E-state index in [-0.39, 0.29) is 11.7 Å². The van der Waals surface area contributed by atoms with E-state index < -0.39 is 6.04 Å². The summed E-state index contributed by atoms with van der Waals surface area (Å²) in [4.78, 5) is 14.8. The number of benzene rings is 1. The zero-order chi connectivity index (χ0) is 19.6. The van der Waals surface area contributed by atoms with Crippen LogP contribution in [0.1, 0.15) is 24.3 Å². The minimum Gasteiger partial charge on any atom is -0.360 e. The Morgan fingerprint density at radius 2 is 2.15 bits per heavy atom. The first-order valence-corrected chi connectivity index (χ1v) is 8.71. The van der Waals surface area contributed by atoms with E-state index in [0.29, 0.717) is 34.5 Å². The molecule has 1 aliphatic heterocycles. The van der Waals surface area contributed by atoms with Gasteiger partial charge in [0.15, 0.2) is 10.9 Å². The van der Waals surface area contributed by atoms with Crippen molar-refractivity contribution < 1.29 is 13.7 Å². The molecular formula is C19H19FN4O2S. The van der Waals surface area contributed by atoms with Crippen LogP contribution in [0, 0.1) is 12.7 Å². The summed E-state index contributed by atoms with van der Waals surface area (Å²) in [5, 5.41) is 10.2. The Labute approximate surface area is 161 Å². The van der Waals surface area contributed by atoms with Crippen molar-refractivity contribution in [1.82, 2.24) is 15.4 Å². The van der Waals surface area contributed by atoms with Gasteiger partial charge in [-0.1, -0.05) is 23.4 Å². The summed E-state index contributed by atoms with van der Waals surface area (Å²) in [6.07, 6.45) is 1.70. The van der Waals surface area contributed by atoms with Crippen LogP contribution in [0.5, 0.6) is 0 Å². The fourth-order valence-electron chi connectivity index (χ4n) is 2.94. The van der Waals surface area contributed by atoms with E-state index in [4.69, 9.17) is 16.7 Å². The van der Waals surface area contributed by atoms with Gasteiger partial charge in [-0.3, -0.25) is 4.79 Å². The molecule has 0 saturated carbocycles. The molecule has 0 fully saturated rings. The van der Waals surface area contributed by atoms with Crippen molar-refractivity contribution in [3.8, 4) is 0 Å². The molecule has 1 atom stereocenters. The Hall–Kier alpha value is -3.00. The molecule has 1 aliphatic rings. The number of carbonyl (C=O) groups is 1. The average molecular weight is 386 g/mol. The number of amides is 1. The monoisotopic (exact) mass is 386 g/mol. The van der Waals surface area contributed by atoms with Crippen LogP contribution in [0.4, 0.5) is 10.2 Å². The van der Waals surface area contributed by atoms with E-state index in [9.17, 15) is 9.18 Å². The summed E-state index contributed by atoms with van der Waals surface area (Å²) in [6, 6.07) is 7.05. The van der Waals surface area contributed by atoms with Gasteiger partial charge in [0.1, 0.15) is 11.6 Å². The molecule has 1 amide bonds. The molecule has 1 aromatic carbocycles. The molecule has 140 valence electrons. The largest absolute Gasteiger partial charge is 0.360 e. The Morgan fingerprint density at radius 3 is 2.74 bits per heavy atom. The van der Waals surface area contributed by atoms with Crippen molar-refractivity contribution >= 4 is 29.1 Å². The number of allylic oxidation sites excluding steroid dienone is 1. The highest BCUT2D eigenvalue weighted by atomic mass is 32.1. The van der Waals surface area contributed by atoms with Crippen LogP contribution in [0.3, 0.4) is 0 Å². The molecule has 0 bridgehead atoms. The highest BCUT2D eigenvalue weighted by Crippen LogP contribution is 2.31. The van der Waals surface area contributed by atoms with Crippen LogP contribution in [-0.2, 0) is 4.79 Å². The first-order chi connectivity index (χ1) is 12.9. The van der Waals surface area contributed by atoms with Crippen molar-refractivity contribution in [2.45, 2.75) is 19.9 Å². The molecule has 1 aromatic heterocycles. The molecule has 27 heavy (non-hydrogen) atoms. The molecule has 2 N–H and O–H groups in total. The van der Waals surface area contributed by atoms with Crippen molar-refractivity contribution in [2.75, 3.05) is 11.9 Å². The lowest BCUT2D eigenvalue weighted by atomic mass is 9.94. The first-order valence-electron chi connectivity index (χ1n) is 8.30. The van der Waals surface area contributed by atoms with Gasteiger partial charge in [0, 0.05) is 18.3 Å². The lowest BCUT2D eigenvalue weighted by molar-refractivity contribution is -0.113. The molecule has 0 spiro atoms. The Morgan fingerprint density at radius 1 is 1.44 bits per heavy atom. The quantitative estimate of drug-likeness (QED) is 0.606. The van der Waals surface area contributed by atoms with E-state index in [2.05, 4.69) is 22.4 Å². The maximum Gasteiger partial charge on any atom is 0.257 e.